The van der Waals surface area contributed by atoms with Crippen LogP contribution in [0.15, 0.2) is 113 Å². The number of carboxylic acids is 1. The molecule has 0 fully saturated rings. The number of carbonyl (C=O) groups excluding carboxylic acids is 2. The monoisotopic (exact) mass is 741 g/mol. The molecule has 274 valence electrons. The van der Waals surface area contributed by atoms with Gasteiger partial charge in [0.1, 0.15) is 41.8 Å². The summed E-state index contributed by atoms with van der Waals surface area (Å²) >= 11 is 0.996. The molecular formula is C37H35N5O10S. The van der Waals surface area contributed by atoms with Crippen molar-refractivity contribution >= 4 is 46.3 Å². The smallest absolute Gasteiger partial charge is 0.360 e. The standard InChI is InChI=1S/C37H35N5O10S/c1-24(52-41-34(36(46)47)31-21-53-37(40-31)39-22-43)17-33(45)42(32-19-28(44)15-16-38-32)51-23-50-35(26-7-4-3-5-8-26)27-9-6-10-30(18-27)49-20-25-11-13-29(48-2)14-12-25/h3-16,18-19,21-22,24,35H,17,20,23H2,1-2H3,(H,38,44)(H,46,47)(H,39,40,43)/b41-34-. The first-order valence-corrected chi connectivity index (χ1v) is 16.9. The highest BCUT2D eigenvalue weighted by Crippen LogP contribution is 2.29. The maximum Gasteiger partial charge on any atom is 0.360 e. The van der Waals surface area contributed by atoms with E-state index in [2.05, 4.69) is 20.4 Å². The normalized spacial score (nSPS) is 12.3. The first-order valence-electron chi connectivity index (χ1n) is 16.0. The molecule has 53 heavy (non-hydrogen) atoms. The van der Waals surface area contributed by atoms with Crippen molar-refractivity contribution in [2.45, 2.75) is 32.2 Å². The summed E-state index contributed by atoms with van der Waals surface area (Å²) in [5.74, 6) is -0.711. The van der Waals surface area contributed by atoms with Gasteiger partial charge in [-0.05, 0) is 47.9 Å². The number of hydrogen-bond acceptors (Lipinski definition) is 12. The van der Waals surface area contributed by atoms with Crippen LogP contribution in [0, 0.1) is 0 Å². The fourth-order valence-electron chi connectivity index (χ4n) is 4.85. The predicted molar refractivity (Wildman–Crippen MR) is 195 cm³/mol. The predicted octanol–water partition coefficient (Wildman–Crippen LogP) is 5.30. The number of aromatic amines is 1. The van der Waals surface area contributed by atoms with Crippen LogP contribution in [0.3, 0.4) is 0 Å². The number of aromatic nitrogens is 2. The number of thiazole rings is 1. The number of nitrogens with zero attached hydrogens (tertiary/aromatic N) is 3. The number of aliphatic carboxylic acids is 1. The summed E-state index contributed by atoms with van der Waals surface area (Å²) in [4.78, 5) is 66.4. The van der Waals surface area contributed by atoms with E-state index in [4.69, 9.17) is 23.9 Å². The molecule has 2 unspecified atom stereocenters. The fraction of sp³-hybridized carbons (Fsp3) is 0.189. The van der Waals surface area contributed by atoms with Crippen LogP contribution in [-0.2, 0) is 35.4 Å². The van der Waals surface area contributed by atoms with Gasteiger partial charge in [0, 0.05) is 23.7 Å². The second-order valence-corrected chi connectivity index (χ2v) is 12.0. The number of hydroxylamine groups is 1. The van der Waals surface area contributed by atoms with Crippen LogP contribution in [0.4, 0.5) is 10.9 Å². The van der Waals surface area contributed by atoms with E-state index in [-0.39, 0.29) is 28.5 Å². The van der Waals surface area contributed by atoms with E-state index in [1.54, 1.807) is 7.11 Å². The van der Waals surface area contributed by atoms with Crippen molar-refractivity contribution in [3.63, 3.8) is 0 Å². The van der Waals surface area contributed by atoms with Crippen molar-refractivity contribution in [3.8, 4) is 11.5 Å². The highest BCUT2D eigenvalue weighted by atomic mass is 32.1. The largest absolute Gasteiger partial charge is 0.497 e. The third-order valence-electron chi connectivity index (χ3n) is 7.37. The Morgan fingerprint density at radius 1 is 1.02 bits per heavy atom. The molecule has 3 N–H and O–H groups in total. The van der Waals surface area contributed by atoms with E-state index < -0.39 is 36.6 Å². The number of amides is 2. The Balaban J connectivity index is 1.29. The van der Waals surface area contributed by atoms with Crippen LogP contribution in [0.2, 0.25) is 0 Å². The minimum absolute atomic E-state index is 0.0240. The summed E-state index contributed by atoms with van der Waals surface area (Å²) in [6, 6.07) is 26.8. The zero-order valence-corrected chi connectivity index (χ0v) is 29.4. The quantitative estimate of drug-likeness (QED) is 0.0431. The van der Waals surface area contributed by atoms with Gasteiger partial charge in [-0.3, -0.25) is 14.4 Å². The molecule has 0 saturated heterocycles. The number of methoxy groups -OCH3 is 1. The Labute approximate surface area is 307 Å². The average molecular weight is 742 g/mol. The molecule has 2 heterocycles. The Morgan fingerprint density at radius 2 is 1.79 bits per heavy atom. The van der Waals surface area contributed by atoms with E-state index in [1.807, 2.05) is 78.9 Å². The molecule has 0 radical (unpaired) electrons. The molecule has 16 heteroatoms. The van der Waals surface area contributed by atoms with Crippen molar-refractivity contribution < 1.29 is 43.4 Å². The summed E-state index contributed by atoms with van der Waals surface area (Å²) in [5.41, 5.74) is 1.55. The van der Waals surface area contributed by atoms with Crippen molar-refractivity contribution in [3.05, 3.63) is 135 Å². The van der Waals surface area contributed by atoms with E-state index in [1.165, 1.54) is 30.6 Å². The fourth-order valence-corrected chi connectivity index (χ4v) is 5.50. The van der Waals surface area contributed by atoms with Crippen LogP contribution in [0.5, 0.6) is 11.5 Å². The van der Waals surface area contributed by atoms with E-state index >= 15 is 0 Å². The molecule has 0 bridgehead atoms. The lowest BCUT2D eigenvalue weighted by Crippen LogP contribution is -2.35. The number of ether oxygens (including phenoxy) is 3. The van der Waals surface area contributed by atoms with Gasteiger partial charge in [0.15, 0.2) is 17.4 Å². The number of benzene rings is 3. The number of oxime groups is 1. The molecule has 2 amide bonds. The van der Waals surface area contributed by atoms with E-state index in [9.17, 15) is 24.3 Å². The maximum absolute atomic E-state index is 13.6. The van der Waals surface area contributed by atoms with Crippen molar-refractivity contribution in [1.29, 1.82) is 0 Å². The molecule has 0 aliphatic carbocycles. The first kappa shape index (κ1) is 37.9. The van der Waals surface area contributed by atoms with Gasteiger partial charge < -0.3 is 34.5 Å². The van der Waals surface area contributed by atoms with E-state index in [0.29, 0.717) is 18.8 Å². The Bertz CT molecular complexity index is 2070. The van der Waals surface area contributed by atoms with Gasteiger partial charge >= 0.3 is 5.97 Å². The highest BCUT2D eigenvalue weighted by Gasteiger charge is 2.24. The molecule has 15 nitrogen and oxygen atoms in total. The molecule has 5 rings (SSSR count). The lowest BCUT2D eigenvalue weighted by molar-refractivity contribution is -0.139. The first-order chi connectivity index (χ1) is 25.7. The van der Waals surface area contributed by atoms with Gasteiger partial charge in [-0.25, -0.2) is 14.6 Å². The number of anilines is 2. The van der Waals surface area contributed by atoms with Crippen molar-refractivity contribution in [2.75, 3.05) is 24.3 Å². The van der Waals surface area contributed by atoms with Crippen molar-refractivity contribution in [1.82, 2.24) is 9.97 Å². The average Bonchev–Trinajstić information content (AvgIpc) is 3.62. The molecule has 3 aromatic carbocycles. The molecular weight excluding hydrogens is 706 g/mol. The van der Waals surface area contributed by atoms with Gasteiger partial charge in [0.2, 0.25) is 12.1 Å². The van der Waals surface area contributed by atoms with Crippen LogP contribution >= 0.6 is 11.3 Å². The highest BCUT2D eigenvalue weighted by molar-refractivity contribution is 7.14. The molecule has 0 saturated carbocycles. The number of H-pyrrole nitrogens is 1. The van der Waals surface area contributed by atoms with Gasteiger partial charge in [-0.2, -0.15) is 5.06 Å². The lowest BCUT2D eigenvalue weighted by Gasteiger charge is -2.25. The zero-order chi connectivity index (χ0) is 37.6. The lowest BCUT2D eigenvalue weighted by atomic mass is 10.0. The molecule has 0 aliphatic heterocycles. The van der Waals surface area contributed by atoms with E-state index in [0.717, 1.165) is 38.8 Å². The Hall–Kier alpha value is -6.36. The van der Waals surface area contributed by atoms with Crippen LogP contribution in [0.1, 0.15) is 41.8 Å². The minimum Gasteiger partial charge on any atom is -0.497 e. The summed E-state index contributed by atoms with van der Waals surface area (Å²) in [5, 5.41) is 18.1. The number of hydrogen-bond donors (Lipinski definition) is 3. The SMILES string of the molecule is COc1ccc(COc2cccc(C(OCON(C(=O)CC(C)O/N=C(\C(=O)O)c3csc(NC=O)n3)c3cc(=O)cc[nH]3)c3ccccc3)c2)cc1. The molecule has 2 atom stereocenters. The third-order valence-corrected chi connectivity index (χ3v) is 8.14. The summed E-state index contributed by atoms with van der Waals surface area (Å²) in [6.45, 7) is 1.39. The zero-order valence-electron chi connectivity index (χ0n) is 28.5. The van der Waals surface area contributed by atoms with Crippen LogP contribution in [-0.4, -0.2) is 59.1 Å². The number of rotatable bonds is 19. The van der Waals surface area contributed by atoms with Gasteiger partial charge in [-0.1, -0.05) is 59.8 Å². The third kappa shape index (κ3) is 10.8. The second kappa shape index (κ2) is 18.8. The Kier molecular flexibility index (Phi) is 13.4. The van der Waals surface area contributed by atoms with Crippen LogP contribution < -0.4 is 25.3 Å². The molecule has 2 aromatic heterocycles. The molecule has 5 aromatic rings. The van der Waals surface area contributed by atoms with Crippen LogP contribution in [0.25, 0.3) is 0 Å². The summed E-state index contributed by atoms with van der Waals surface area (Å²) in [7, 11) is 1.61. The molecule has 0 spiro atoms. The summed E-state index contributed by atoms with van der Waals surface area (Å²) in [6.07, 6.45) is -0.186. The number of carbonyl (C=O) groups is 3. The number of carboxylic acid groups (broad SMARTS) is 1. The van der Waals surface area contributed by atoms with Gasteiger partial charge in [0.25, 0.3) is 5.91 Å². The summed E-state index contributed by atoms with van der Waals surface area (Å²) < 4.78 is 17.5. The van der Waals surface area contributed by atoms with Gasteiger partial charge in [-0.15, -0.1) is 11.3 Å². The van der Waals surface area contributed by atoms with Gasteiger partial charge in [0.05, 0.1) is 13.5 Å². The van der Waals surface area contributed by atoms with Crippen molar-refractivity contribution in [2.24, 2.45) is 5.16 Å². The second-order valence-electron chi connectivity index (χ2n) is 11.2. The Morgan fingerprint density at radius 3 is 2.51 bits per heavy atom. The minimum atomic E-state index is -1.43. The number of pyridine rings is 1. The number of nitrogens with one attached hydrogen (secondary N) is 2. The topological polar surface area (TPSA) is 191 Å². The molecule has 0 aliphatic rings. The maximum atomic E-state index is 13.6.